The molecule has 0 saturated carbocycles. The molecule has 1 aliphatic heterocycles. The highest BCUT2D eigenvalue weighted by atomic mass is 16.1. The van der Waals surface area contributed by atoms with E-state index in [-0.39, 0.29) is 11.9 Å². The highest BCUT2D eigenvalue weighted by Gasteiger charge is 2.30. The number of rotatable bonds is 4. The number of benzene rings is 2. The SMILES string of the molecule is CN1CCCCC1C(NC(=O)c1ccccc1)c1ccccc1. The Morgan fingerprint density at radius 2 is 1.70 bits per heavy atom. The second-order valence-electron chi connectivity index (χ2n) is 6.27. The first-order valence-electron chi connectivity index (χ1n) is 8.37. The smallest absolute Gasteiger partial charge is 0.251 e. The number of likely N-dealkylation sites (N-methyl/N-ethyl adjacent to an activating group) is 1. The van der Waals surface area contributed by atoms with E-state index in [0.29, 0.717) is 11.6 Å². The number of likely N-dealkylation sites (tertiary alicyclic amines) is 1. The molecule has 2 aromatic rings. The summed E-state index contributed by atoms with van der Waals surface area (Å²) in [6, 6.07) is 20.1. The molecule has 3 heteroatoms. The lowest BCUT2D eigenvalue weighted by atomic mass is 9.91. The Morgan fingerprint density at radius 3 is 2.35 bits per heavy atom. The molecule has 2 aromatic carbocycles. The fourth-order valence-corrected chi connectivity index (χ4v) is 3.40. The van der Waals surface area contributed by atoms with E-state index < -0.39 is 0 Å². The molecule has 0 aromatic heterocycles. The molecule has 0 aliphatic carbocycles. The van der Waals surface area contributed by atoms with E-state index in [0.717, 1.165) is 13.0 Å². The van der Waals surface area contributed by atoms with Crippen LogP contribution in [0.5, 0.6) is 0 Å². The quantitative estimate of drug-likeness (QED) is 0.935. The average Bonchev–Trinajstić information content (AvgIpc) is 2.62. The maximum absolute atomic E-state index is 12.6. The number of amides is 1. The third kappa shape index (κ3) is 3.80. The molecule has 1 aliphatic rings. The molecule has 3 rings (SSSR count). The van der Waals surface area contributed by atoms with Crippen LogP contribution in [-0.4, -0.2) is 30.4 Å². The van der Waals surface area contributed by atoms with E-state index in [1.165, 1.54) is 18.4 Å². The molecule has 1 saturated heterocycles. The zero-order valence-electron chi connectivity index (χ0n) is 13.6. The summed E-state index contributed by atoms with van der Waals surface area (Å²) in [5, 5.41) is 3.27. The van der Waals surface area contributed by atoms with Crippen molar-refractivity contribution in [2.24, 2.45) is 0 Å². The summed E-state index contributed by atoms with van der Waals surface area (Å²) in [6.45, 7) is 1.09. The van der Waals surface area contributed by atoms with Crippen molar-refractivity contribution in [3.63, 3.8) is 0 Å². The molecule has 0 spiro atoms. The first-order chi connectivity index (χ1) is 11.3. The number of nitrogens with one attached hydrogen (secondary N) is 1. The summed E-state index contributed by atoms with van der Waals surface area (Å²) in [4.78, 5) is 15.0. The molecule has 0 bridgehead atoms. The summed E-state index contributed by atoms with van der Waals surface area (Å²) >= 11 is 0. The van der Waals surface area contributed by atoms with Gasteiger partial charge in [-0.3, -0.25) is 4.79 Å². The average molecular weight is 308 g/mol. The number of piperidine rings is 1. The summed E-state index contributed by atoms with van der Waals surface area (Å²) in [5.41, 5.74) is 1.89. The number of hydrogen-bond acceptors (Lipinski definition) is 2. The second-order valence-corrected chi connectivity index (χ2v) is 6.27. The molecule has 1 N–H and O–H groups in total. The molecule has 3 nitrogen and oxygen atoms in total. The van der Waals surface area contributed by atoms with Gasteiger partial charge in [0.15, 0.2) is 0 Å². The normalized spacial score (nSPS) is 20.0. The van der Waals surface area contributed by atoms with E-state index in [9.17, 15) is 4.79 Å². The van der Waals surface area contributed by atoms with Crippen molar-refractivity contribution in [1.29, 1.82) is 0 Å². The van der Waals surface area contributed by atoms with Crippen molar-refractivity contribution in [3.05, 3.63) is 71.8 Å². The largest absolute Gasteiger partial charge is 0.344 e. The van der Waals surface area contributed by atoms with Crippen molar-refractivity contribution in [2.45, 2.75) is 31.3 Å². The Balaban J connectivity index is 1.85. The van der Waals surface area contributed by atoms with Gasteiger partial charge in [0.25, 0.3) is 5.91 Å². The van der Waals surface area contributed by atoms with Crippen LogP contribution < -0.4 is 5.32 Å². The fraction of sp³-hybridized carbons (Fsp3) is 0.350. The third-order valence-corrected chi connectivity index (χ3v) is 4.69. The van der Waals surface area contributed by atoms with Gasteiger partial charge in [0.2, 0.25) is 0 Å². The van der Waals surface area contributed by atoms with Gasteiger partial charge in [-0.05, 0) is 44.1 Å². The molecular weight excluding hydrogens is 284 g/mol. The Bertz CT molecular complexity index is 627. The number of hydrogen-bond donors (Lipinski definition) is 1. The lowest BCUT2D eigenvalue weighted by Crippen LogP contribution is -2.47. The topological polar surface area (TPSA) is 32.3 Å². The van der Waals surface area contributed by atoms with E-state index in [1.807, 2.05) is 48.5 Å². The molecule has 120 valence electrons. The van der Waals surface area contributed by atoms with Crippen LogP contribution >= 0.6 is 0 Å². The molecule has 2 unspecified atom stereocenters. The minimum Gasteiger partial charge on any atom is -0.344 e. The fourth-order valence-electron chi connectivity index (χ4n) is 3.40. The first-order valence-corrected chi connectivity index (χ1v) is 8.37. The van der Waals surface area contributed by atoms with Crippen molar-refractivity contribution in [1.82, 2.24) is 10.2 Å². The second kappa shape index (κ2) is 7.42. The highest BCUT2D eigenvalue weighted by molar-refractivity contribution is 5.94. The predicted octanol–water partition coefficient (Wildman–Crippen LogP) is 3.64. The Kier molecular flexibility index (Phi) is 5.09. The Labute approximate surface area is 138 Å². The number of carbonyl (C=O) groups excluding carboxylic acids is 1. The van der Waals surface area contributed by atoms with E-state index >= 15 is 0 Å². The lowest BCUT2D eigenvalue weighted by Gasteiger charge is -2.38. The van der Waals surface area contributed by atoms with Crippen LogP contribution in [0.3, 0.4) is 0 Å². The van der Waals surface area contributed by atoms with Gasteiger partial charge in [-0.25, -0.2) is 0 Å². The summed E-state index contributed by atoms with van der Waals surface area (Å²) in [6.07, 6.45) is 3.58. The Hall–Kier alpha value is -2.13. The predicted molar refractivity (Wildman–Crippen MR) is 93.4 cm³/mol. The van der Waals surface area contributed by atoms with Gasteiger partial charge in [0.05, 0.1) is 6.04 Å². The zero-order valence-corrected chi connectivity index (χ0v) is 13.6. The molecule has 0 radical (unpaired) electrons. The molecule has 23 heavy (non-hydrogen) atoms. The van der Waals surface area contributed by atoms with Crippen LogP contribution in [0, 0.1) is 0 Å². The van der Waals surface area contributed by atoms with Crippen LogP contribution in [0.1, 0.15) is 41.2 Å². The van der Waals surface area contributed by atoms with Crippen LogP contribution in [0.4, 0.5) is 0 Å². The van der Waals surface area contributed by atoms with Gasteiger partial charge < -0.3 is 10.2 Å². The molecule has 1 fully saturated rings. The van der Waals surface area contributed by atoms with Gasteiger partial charge in [0.1, 0.15) is 0 Å². The molecular formula is C20H24N2O. The van der Waals surface area contributed by atoms with Crippen LogP contribution in [0.15, 0.2) is 60.7 Å². The molecule has 1 heterocycles. The summed E-state index contributed by atoms with van der Waals surface area (Å²) in [5.74, 6) is -0.00146. The third-order valence-electron chi connectivity index (χ3n) is 4.69. The van der Waals surface area contributed by atoms with Gasteiger partial charge in [0, 0.05) is 11.6 Å². The van der Waals surface area contributed by atoms with Gasteiger partial charge in [-0.15, -0.1) is 0 Å². The van der Waals surface area contributed by atoms with Crippen molar-refractivity contribution in [2.75, 3.05) is 13.6 Å². The summed E-state index contributed by atoms with van der Waals surface area (Å²) < 4.78 is 0. The maximum Gasteiger partial charge on any atom is 0.251 e. The minimum absolute atomic E-state index is 0.00146. The van der Waals surface area contributed by atoms with Gasteiger partial charge >= 0.3 is 0 Å². The minimum atomic E-state index is -0.00146. The van der Waals surface area contributed by atoms with Crippen molar-refractivity contribution >= 4 is 5.91 Å². The number of carbonyl (C=O) groups is 1. The van der Waals surface area contributed by atoms with Crippen molar-refractivity contribution < 1.29 is 4.79 Å². The van der Waals surface area contributed by atoms with Crippen LogP contribution in [-0.2, 0) is 0 Å². The van der Waals surface area contributed by atoms with E-state index in [4.69, 9.17) is 0 Å². The van der Waals surface area contributed by atoms with Crippen LogP contribution in [0.2, 0.25) is 0 Å². The van der Waals surface area contributed by atoms with Crippen LogP contribution in [0.25, 0.3) is 0 Å². The Morgan fingerprint density at radius 1 is 1.04 bits per heavy atom. The van der Waals surface area contributed by atoms with E-state index in [1.54, 1.807) is 0 Å². The molecule has 2 atom stereocenters. The zero-order chi connectivity index (χ0) is 16.1. The van der Waals surface area contributed by atoms with Gasteiger partial charge in [-0.1, -0.05) is 55.0 Å². The first kappa shape index (κ1) is 15.8. The maximum atomic E-state index is 12.6. The monoisotopic (exact) mass is 308 g/mol. The van der Waals surface area contributed by atoms with Crippen molar-refractivity contribution in [3.8, 4) is 0 Å². The van der Waals surface area contributed by atoms with Gasteiger partial charge in [-0.2, -0.15) is 0 Å². The highest BCUT2D eigenvalue weighted by Crippen LogP contribution is 2.28. The summed E-state index contributed by atoms with van der Waals surface area (Å²) in [7, 11) is 2.16. The van der Waals surface area contributed by atoms with E-state index in [2.05, 4.69) is 29.4 Å². The number of nitrogens with zero attached hydrogens (tertiary/aromatic N) is 1. The molecule has 1 amide bonds. The lowest BCUT2D eigenvalue weighted by molar-refractivity contribution is 0.0871. The standard InChI is InChI=1S/C20H24N2O/c1-22-15-9-8-14-18(22)19(16-10-4-2-5-11-16)21-20(23)17-12-6-3-7-13-17/h2-7,10-13,18-19H,8-9,14-15H2,1H3,(H,21,23).